The molecule has 1 N–H and O–H groups in total. The zero-order valence-electron chi connectivity index (χ0n) is 18.0. The highest BCUT2D eigenvalue weighted by atomic mass is 32.2. The molecule has 32 heavy (non-hydrogen) atoms. The van der Waals surface area contributed by atoms with Crippen molar-refractivity contribution < 1.29 is 21.6 Å². The molecule has 0 spiro atoms. The summed E-state index contributed by atoms with van der Waals surface area (Å²) in [6, 6.07) is 11.9. The van der Waals surface area contributed by atoms with Crippen molar-refractivity contribution in [3.8, 4) is 6.07 Å². The molecule has 1 saturated heterocycles. The van der Waals surface area contributed by atoms with Gasteiger partial charge < -0.3 is 9.64 Å². The van der Waals surface area contributed by atoms with Gasteiger partial charge in [-0.2, -0.15) is 9.57 Å². The van der Waals surface area contributed by atoms with Crippen molar-refractivity contribution in [2.45, 2.75) is 23.6 Å². The van der Waals surface area contributed by atoms with E-state index < -0.39 is 20.0 Å². The first-order valence-electron chi connectivity index (χ1n) is 10.2. The monoisotopic (exact) mass is 478 g/mol. The number of ether oxygens (including phenoxy) is 1. The summed E-state index contributed by atoms with van der Waals surface area (Å²) in [4.78, 5) is 1.94. The number of rotatable bonds is 8. The van der Waals surface area contributed by atoms with Crippen LogP contribution in [0, 0.1) is 11.3 Å². The average Bonchev–Trinajstić information content (AvgIpc) is 2.80. The highest BCUT2D eigenvalue weighted by Crippen LogP contribution is 2.32. The van der Waals surface area contributed by atoms with Gasteiger partial charge in [0.15, 0.2) is 0 Å². The molecule has 0 amide bonds. The summed E-state index contributed by atoms with van der Waals surface area (Å²) < 4.78 is 61.4. The van der Waals surface area contributed by atoms with Gasteiger partial charge in [-0.25, -0.2) is 16.8 Å². The summed E-state index contributed by atoms with van der Waals surface area (Å²) in [5.41, 5.74) is 1.08. The molecule has 2 aromatic rings. The van der Waals surface area contributed by atoms with Crippen LogP contribution in [0.1, 0.15) is 19.4 Å². The first kappa shape index (κ1) is 24.0. The topological polar surface area (TPSA) is 120 Å². The lowest BCUT2D eigenvalue weighted by Crippen LogP contribution is -2.37. The van der Waals surface area contributed by atoms with Gasteiger partial charge in [-0.15, -0.1) is 0 Å². The predicted octanol–water partition coefficient (Wildman–Crippen LogP) is 2.23. The molecule has 0 atom stereocenters. The molecule has 0 unspecified atom stereocenters. The smallest absolute Gasteiger partial charge is 0.261 e. The zero-order chi connectivity index (χ0) is 23.4. The molecule has 0 radical (unpaired) electrons. The number of hydrogen-bond acceptors (Lipinski definition) is 7. The molecule has 1 aliphatic heterocycles. The van der Waals surface area contributed by atoms with E-state index in [0.29, 0.717) is 50.6 Å². The number of nitrogens with zero attached hydrogens (tertiary/aromatic N) is 3. The largest absolute Gasteiger partial charge is 0.378 e. The van der Waals surface area contributed by atoms with E-state index in [4.69, 9.17) is 10.00 Å². The van der Waals surface area contributed by atoms with Crippen LogP contribution in [0.15, 0.2) is 52.3 Å². The molecule has 1 heterocycles. The third kappa shape index (κ3) is 5.05. The quantitative estimate of drug-likeness (QED) is 0.618. The van der Waals surface area contributed by atoms with Gasteiger partial charge >= 0.3 is 0 Å². The Morgan fingerprint density at radius 3 is 2.16 bits per heavy atom. The second-order valence-electron chi connectivity index (χ2n) is 7.11. The van der Waals surface area contributed by atoms with Crippen molar-refractivity contribution in [1.29, 1.82) is 5.26 Å². The molecular formula is C21H26N4O5S2. The van der Waals surface area contributed by atoms with Crippen molar-refractivity contribution in [3.05, 3.63) is 48.0 Å². The van der Waals surface area contributed by atoms with Gasteiger partial charge in [-0.3, -0.25) is 4.72 Å². The summed E-state index contributed by atoms with van der Waals surface area (Å²) in [5, 5.41) is 8.95. The molecule has 0 saturated carbocycles. The maximum absolute atomic E-state index is 13.0. The number of benzene rings is 2. The van der Waals surface area contributed by atoms with Crippen molar-refractivity contribution in [3.63, 3.8) is 0 Å². The van der Waals surface area contributed by atoms with Crippen LogP contribution in [0.25, 0.3) is 0 Å². The molecule has 11 heteroatoms. The third-order valence-electron chi connectivity index (χ3n) is 5.20. The molecule has 0 aliphatic carbocycles. The van der Waals surface area contributed by atoms with Crippen LogP contribution in [-0.2, 0) is 24.8 Å². The van der Waals surface area contributed by atoms with Crippen LogP contribution >= 0.6 is 0 Å². The highest BCUT2D eigenvalue weighted by Gasteiger charge is 2.26. The summed E-state index contributed by atoms with van der Waals surface area (Å²) >= 11 is 0. The van der Waals surface area contributed by atoms with Crippen LogP contribution in [0.4, 0.5) is 11.4 Å². The van der Waals surface area contributed by atoms with Gasteiger partial charge in [0, 0.05) is 26.2 Å². The Bertz CT molecular complexity index is 1200. The van der Waals surface area contributed by atoms with Gasteiger partial charge in [0.25, 0.3) is 10.0 Å². The van der Waals surface area contributed by atoms with E-state index in [-0.39, 0.29) is 15.5 Å². The molecule has 172 valence electrons. The molecule has 9 nitrogen and oxygen atoms in total. The van der Waals surface area contributed by atoms with Gasteiger partial charge in [-0.05, 0) is 42.5 Å². The Morgan fingerprint density at radius 2 is 1.59 bits per heavy atom. The fourth-order valence-corrected chi connectivity index (χ4v) is 6.01. The Morgan fingerprint density at radius 1 is 1.00 bits per heavy atom. The number of anilines is 2. The minimum Gasteiger partial charge on any atom is -0.378 e. The first-order valence-corrected chi connectivity index (χ1v) is 13.1. The highest BCUT2D eigenvalue weighted by molar-refractivity contribution is 7.92. The van der Waals surface area contributed by atoms with E-state index in [1.165, 1.54) is 40.7 Å². The maximum Gasteiger partial charge on any atom is 0.261 e. The summed E-state index contributed by atoms with van der Waals surface area (Å²) in [6.07, 6.45) is 0. The number of morpholine rings is 1. The van der Waals surface area contributed by atoms with Crippen LogP contribution in [0.3, 0.4) is 0 Å². The van der Waals surface area contributed by atoms with Crippen molar-refractivity contribution >= 4 is 31.4 Å². The van der Waals surface area contributed by atoms with E-state index >= 15 is 0 Å². The summed E-state index contributed by atoms with van der Waals surface area (Å²) in [7, 11) is -7.80. The predicted molar refractivity (Wildman–Crippen MR) is 122 cm³/mol. The molecule has 1 fully saturated rings. The number of nitriles is 1. The summed E-state index contributed by atoms with van der Waals surface area (Å²) in [6.45, 7) is 6.17. The second kappa shape index (κ2) is 9.87. The minimum absolute atomic E-state index is 0.00994. The van der Waals surface area contributed by atoms with Gasteiger partial charge in [0.2, 0.25) is 10.0 Å². The second-order valence-corrected chi connectivity index (χ2v) is 10.7. The van der Waals surface area contributed by atoms with Crippen LogP contribution in [-0.4, -0.2) is 60.5 Å². The van der Waals surface area contributed by atoms with E-state index in [9.17, 15) is 16.8 Å². The zero-order valence-corrected chi connectivity index (χ0v) is 19.6. The molecule has 3 rings (SSSR count). The van der Waals surface area contributed by atoms with E-state index in [2.05, 4.69) is 4.72 Å². The van der Waals surface area contributed by atoms with Crippen LogP contribution < -0.4 is 9.62 Å². The standard InChI is InChI=1S/C21H26N4O5S2/c1-3-25(4-2)32(28,29)19-9-10-21(24-11-13-30-14-12-24)20(15-19)23-31(26,27)18-7-5-17(16-22)6-8-18/h5-10,15,23H,3-4,11-14H2,1-2H3. The van der Waals surface area contributed by atoms with Crippen molar-refractivity contribution in [2.24, 2.45) is 0 Å². The lowest BCUT2D eigenvalue weighted by molar-refractivity contribution is 0.123. The summed E-state index contributed by atoms with van der Waals surface area (Å²) in [5.74, 6) is 0. The third-order valence-corrected chi connectivity index (χ3v) is 8.63. The lowest BCUT2D eigenvalue weighted by Gasteiger charge is -2.31. The minimum atomic E-state index is -4.02. The van der Waals surface area contributed by atoms with Gasteiger partial charge in [0.05, 0.1) is 46.0 Å². The Balaban J connectivity index is 2.06. The fourth-order valence-electron chi connectivity index (χ4n) is 3.46. The van der Waals surface area contributed by atoms with Gasteiger partial charge in [-0.1, -0.05) is 13.8 Å². The maximum atomic E-state index is 13.0. The molecule has 2 aromatic carbocycles. The Kier molecular flexibility index (Phi) is 7.40. The normalized spacial score (nSPS) is 14.9. The van der Waals surface area contributed by atoms with E-state index in [1.54, 1.807) is 19.9 Å². The SMILES string of the molecule is CCN(CC)S(=O)(=O)c1ccc(N2CCOCC2)c(NS(=O)(=O)c2ccc(C#N)cc2)c1. The van der Waals surface area contributed by atoms with E-state index in [0.717, 1.165) is 0 Å². The Labute approximate surface area is 189 Å². The van der Waals surface area contributed by atoms with Crippen LogP contribution in [0.5, 0.6) is 0 Å². The molecular weight excluding hydrogens is 452 g/mol. The fraction of sp³-hybridized carbons (Fsp3) is 0.381. The molecule has 0 aromatic heterocycles. The molecule has 0 bridgehead atoms. The first-order chi connectivity index (χ1) is 15.2. The van der Waals surface area contributed by atoms with Crippen molar-refractivity contribution in [2.75, 3.05) is 49.0 Å². The van der Waals surface area contributed by atoms with Crippen molar-refractivity contribution in [1.82, 2.24) is 4.31 Å². The number of nitrogens with one attached hydrogen (secondary N) is 1. The van der Waals surface area contributed by atoms with E-state index in [1.807, 2.05) is 11.0 Å². The van der Waals surface area contributed by atoms with Crippen LogP contribution in [0.2, 0.25) is 0 Å². The molecule has 1 aliphatic rings. The lowest BCUT2D eigenvalue weighted by atomic mass is 10.2. The average molecular weight is 479 g/mol. The number of sulfonamides is 2. The number of hydrogen-bond donors (Lipinski definition) is 1. The Hall–Kier alpha value is -2.65. The van der Waals surface area contributed by atoms with Gasteiger partial charge in [0.1, 0.15) is 0 Å².